The third-order valence-electron chi connectivity index (χ3n) is 1.70. The number of rotatable bonds is 3. The van der Waals surface area contributed by atoms with Gasteiger partial charge in [-0.2, -0.15) is 13.2 Å². The van der Waals surface area contributed by atoms with Crippen LogP contribution in [-0.4, -0.2) is 17.4 Å². The summed E-state index contributed by atoms with van der Waals surface area (Å²) < 4.78 is 35.1. The van der Waals surface area contributed by atoms with Gasteiger partial charge in [-0.1, -0.05) is 20.3 Å². The quantitative estimate of drug-likeness (QED) is 0.689. The van der Waals surface area contributed by atoms with Crippen LogP contribution in [0.3, 0.4) is 0 Å². The number of alkyl halides is 3. The summed E-state index contributed by atoms with van der Waals surface area (Å²) in [6, 6.07) is 0. The van der Waals surface area contributed by atoms with Crippen LogP contribution in [0.1, 0.15) is 26.7 Å². The minimum absolute atomic E-state index is 0.0772. The van der Waals surface area contributed by atoms with E-state index in [1.165, 1.54) is 0 Å². The summed E-state index contributed by atoms with van der Waals surface area (Å²) in [5.74, 6) is -0.0772. The van der Waals surface area contributed by atoms with Gasteiger partial charge in [0.25, 0.3) is 0 Å². The lowest BCUT2D eigenvalue weighted by Crippen LogP contribution is -2.30. The maximum atomic E-state index is 11.7. The van der Waals surface area contributed by atoms with Crippen LogP contribution in [0, 0.1) is 5.92 Å². The molecule has 0 spiro atoms. The third kappa shape index (κ3) is 4.24. The molecule has 0 aliphatic rings. The van der Waals surface area contributed by atoms with E-state index in [9.17, 15) is 13.2 Å². The fourth-order valence-electron chi connectivity index (χ4n) is 0.681. The molecule has 0 aromatic rings. The Bertz CT molecular complexity index is 111. The Labute approximate surface area is 64.2 Å². The van der Waals surface area contributed by atoms with E-state index in [1.807, 2.05) is 0 Å². The van der Waals surface area contributed by atoms with Crippen molar-refractivity contribution in [1.29, 1.82) is 0 Å². The number of halogens is 3. The fraction of sp³-hybridized carbons (Fsp3) is 1.00. The summed E-state index contributed by atoms with van der Waals surface area (Å²) >= 11 is 0. The summed E-state index contributed by atoms with van der Waals surface area (Å²) in [5, 5.41) is 8.56. The summed E-state index contributed by atoms with van der Waals surface area (Å²) in [4.78, 5) is 0. The molecule has 1 unspecified atom stereocenters. The van der Waals surface area contributed by atoms with Crippen LogP contribution in [0.2, 0.25) is 0 Å². The van der Waals surface area contributed by atoms with E-state index in [0.717, 1.165) is 0 Å². The largest absolute Gasteiger partial charge is 0.414 e. The highest BCUT2D eigenvalue weighted by Gasteiger charge is 2.38. The molecular formula is C7H13F3O. The van der Waals surface area contributed by atoms with Gasteiger partial charge in [-0.3, -0.25) is 0 Å². The summed E-state index contributed by atoms with van der Waals surface area (Å²) in [5.41, 5.74) is 0. The lowest BCUT2D eigenvalue weighted by atomic mass is 10.0. The Balaban J connectivity index is 3.77. The first kappa shape index (κ1) is 10.8. The molecule has 0 heterocycles. The molecule has 2 atom stereocenters. The molecule has 1 nitrogen and oxygen atoms in total. The fourth-order valence-corrected chi connectivity index (χ4v) is 0.681. The van der Waals surface area contributed by atoms with Gasteiger partial charge in [-0.15, -0.1) is 0 Å². The highest BCUT2D eigenvalue weighted by Crippen LogP contribution is 2.25. The molecule has 0 radical (unpaired) electrons. The average Bonchev–Trinajstić information content (AvgIpc) is 1.85. The standard InChI is InChI=1S/C7H13F3O/c1-3-5(2)4-6(11)7(8,9)10/h5-6,11H,3-4H2,1-2H3/t5?,6-/m1/s1. The molecule has 0 rings (SSSR count). The van der Waals surface area contributed by atoms with E-state index in [0.29, 0.717) is 6.42 Å². The summed E-state index contributed by atoms with van der Waals surface area (Å²) in [6.07, 6.45) is -6.14. The monoisotopic (exact) mass is 170 g/mol. The zero-order valence-corrected chi connectivity index (χ0v) is 6.65. The highest BCUT2D eigenvalue weighted by atomic mass is 19.4. The molecule has 4 heteroatoms. The SMILES string of the molecule is CCC(C)C[C@@H](O)C(F)(F)F. The van der Waals surface area contributed by atoms with Crippen LogP contribution in [0.25, 0.3) is 0 Å². The van der Waals surface area contributed by atoms with Gasteiger partial charge >= 0.3 is 6.18 Å². The van der Waals surface area contributed by atoms with Gasteiger partial charge in [0, 0.05) is 0 Å². The van der Waals surface area contributed by atoms with Gasteiger partial charge in [0.15, 0.2) is 0 Å². The van der Waals surface area contributed by atoms with Crippen LogP contribution < -0.4 is 0 Å². The molecule has 1 N–H and O–H groups in total. The van der Waals surface area contributed by atoms with Gasteiger partial charge < -0.3 is 5.11 Å². The molecule has 0 aliphatic heterocycles. The molecule has 0 aromatic carbocycles. The normalized spacial score (nSPS) is 18.0. The summed E-state index contributed by atoms with van der Waals surface area (Å²) in [6.45, 7) is 3.49. The van der Waals surface area contributed by atoms with Crippen LogP contribution >= 0.6 is 0 Å². The van der Waals surface area contributed by atoms with E-state index < -0.39 is 12.3 Å². The Kier molecular flexibility index (Phi) is 3.86. The van der Waals surface area contributed by atoms with E-state index in [2.05, 4.69) is 0 Å². The van der Waals surface area contributed by atoms with E-state index in [1.54, 1.807) is 13.8 Å². The molecule has 68 valence electrons. The van der Waals surface area contributed by atoms with E-state index in [-0.39, 0.29) is 12.3 Å². The lowest BCUT2D eigenvalue weighted by Gasteiger charge is -2.17. The number of aliphatic hydroxyl groups is 1. The van der Waals surface area contributed by atoms with Crippen LogP contribution in [0.5, 0.6) is 0 Å². The molecule has 0 fully saturated rings. The molecule has 0 amide bonds. The molecule has 0 aromatic heterocycles. The predicted molar refractivity (Wildman–Crippen MR) is 36.1 cm³/mol. The zero-order valence-electron chi connectivity index (χ0n) is 6.65. The van der Waals surface area contributed by atoms with Crippen molar-refractivity contribution in [2.75, 3.05) is 0 Å². The van der Waals surface area contributed by atoms with Crippen molar-refractivity contribution in [2.45, 2.75) is 39.0 Å². The minimum atomic E-state index is -4.45. The van der Waals surface area contributed by atoms with Crippen LogP contribution in [0.4, 0.5) is 13.2 Å². The second-order valence-corrected chi connectivity index (χ2v) is 2.81. The van der Waals surface area contributed by atoms with Gasteiger partial charge in [-0.05, 0) is 12.3 Å². The molecule has 0 saturated carbocycles. The molecule has 11 heavy (non-hydrogen) atoms. The molecular weight excluding hydrogens is 157 g/mol. The van der Waals surface area contributed by atoms with Crippen molar-refractivity contribution in [3.05, 3.63) is 0 Å². The lowest BCUT2D eigenvalue weighted by molar-refractivity contribution is -0.208. The van der Waals surface area contributed by atoms with Crippen LogP contribution in [0.15, 0.2) is 0 Å². The second kappa shape index (κ2) is 3.95. The first-order valence-corrected chi connectivity index (χ1v) is 3.62. The van der Waals surface area contributed by atoms with Crippen LogP contribution in [-0.2, 0) is 0 Å². The van der Waals surface area contributed by atoms with Gasteiger partial charge in [0.2, 0.25) is 0 Å². The highest BCUT2D eigenvalue weighted by molar-refractivity contribution is 4.67. The maximum Gasteiger partial charge on any atom is 0.414 e. The first-order valence-electron chi connectivity index (χ1n) is 3.62. The van der Waals surface area contributed by atoms with E-state index in [4.69, 9.17) is 5.11 Å². The van der Waals surface area contributed by atoms with Crippen molar-refractivity contribution < 1.29 is 18.3 Å². The Morgan fingerprint density at radius 2 is 1.82 bits per heavy atom. The molecule has 0 saturated heterocycles. The van der Waals surface area contributed by atoms with Gasteiger partial charge in [0.1, 0.15) is 6.10 Å². The summed E-state index contributed by atoms with van der Waals surface area (Å²) in [7, 11) is 0. The van der Waals surface area contributed by atoms with Gasteiger partial charge in [0.05, 0.1) is 0 Å². The molecule has 0 bridgehead atoms. The third-order valence-corrected chi connectivity index (χ3v) is 1.70. The smallest absolute Gasteiger partial charge is 0.384 e. The molecule has 0 aliphatic carbocycles. The van der Waals surface area contributed by atoms with E-state index >= 15 is 0 Å². The number of aliphatic hydroxyl groups excluding tert-OH is 1. The maximum absolute atomic E-state index is 11.7. The predicted octanol–water partition coefficient (Wildman–Crippen LogP) is 2.35. The Morgan fingerprint density at radius 1 is 1.36 bits per heavy atom. The van der Waals surface area contributed by atoms with Crippen molar-refractivity contribution in [3.63, 3.8) is 0 Å². The number of hydrogen-bond acceptors (Lipinski definition) is 1. The minimum Gasteiger partial charge on any atom is -0.384 e. The van der Waals surface area contributed by atoms with Crippen molar-refractivity contribution >= 4 is 0 Å². The average molecular weight is 170 g/mol. The Hall–Kier alpha value is -0.250. The van der Waals surface area contributed by atoms with Crippen molar-refractivity contribution in [2.24, 2.45) is 5.92 Å². The topological polar surface area (TPSA) is 20.2 Å². The zero-order chi connectivity index (χ0) is 9.07. The van der Waals surface area contributed by atoms with Gasteiger partial charge in [-0.25, -0.2) is 0 Å². The van der Waals surface area contributed by atoms with Crippen molar-refractivity contribution in [3.8, 4) is 0 Å². The number of hydrogen-bond donors (Lipinski definition) is 1. The first-order chi connectivity index (χ1) is 4.88. The Morgan fingerprint density at radius 3 is 2.09 bits per heavy atom. The van der Waals surface area contributed by atoms with Crippen molar-refractivity contribution in [1.82, 2.24) is 0 Å². The second-order valence-electron chi connectivity index (χ2n) is 2.81.